The van der Waals surface area contributed by atoms with Crippen LogP contribution in [0.3, 0.4) is 0 Å². The second-order valence-electron chi connectivity index (χ2n) is 5.22. The quantitative estimate of drug-likeness (QED) is 0.829. The first-order valence-corrected chi connectivity index (χ1v) is 6.94. The van der Waals surface area contributed by atoms with Crippen LogP contribution in [0.4, 0.5) is 0 Å². The number of nitrogens with one attached hydrogen (secondary N) is 1. The van der Waals surface area contributed by atoms with E-state index < -0.39 is 0 Å². The average molecular weight is 277 g/mol. The molecule has 3 rings (SSSR count). The van der Waals surface area contributed by atoms with Gasteiger partial charge in [-0.3, -0.25) is 4.90 Å². The van der Waals surface area contributed by atoms with Crippen LogP contribution in [-0.4, -0.2) is 56.9 Å². The van der Waals surface area contributed by atoms with Gasteiger partial charge in [0.1, 0.15) is 1.41 Å². The first-order valence-electron chi connectivity index (χ1n) is 7.39. The third-order valence-electron chi connectivity index (χ3n) is 4.00. The van der Waals surface area contributed by atoms with E-state index in [1.807, 2.05) is 12.1 Å². The van der Waals surface area contributed by atoms with Crippen LogP contribution in [0.2, 0.25) is 1.41 Å². The van der Waals surface area contributed by atoms with Crippen LogP contribution in [0.1, 0.15) is 22.0 Å². The topological polar surface area (TPSA) is 50.8 Å². The van der Waals surface area contributed by atoms with Crippen molar-refractivity contribution in [2.75, 3.05) is 40.0 Å². The molecule has 1 aromatic rings. The molecule has 2 heterocycles. The Labute approximate surface area is 120 Å². The summed E-state index contributed by atoms with van der Waals surface area (Å²) in [5.41, 5.74) is 1.60. The SMILES string of the molecule is [2H]N1CCN(C2COC2)CC1c1ccc(C(=O)OC)cc1. The van der Waals surface area contributed by atoms with Gasteiger partial charge in [-0.1, -0.05) is 12.1 Å². The molecule has 2 saturated heterocycles. The van der Waals surface area contributed by atoms with Crippen LogP contribution >= 0.6 is 0 Å². The summed E-state index contributed by atoms with van der Waals surface area (Å²) in [6, 6.07) is 7.89. The minimum Gasteiger partial charge on any atom is -0.465 e. The summed E-state index contributed by atoms with van der Waals surface area (Å²) < 4.78 is 18.1. The lowest BCUT2D eigenvalue weighted by Gasteiger charge is -2.42. The lowest BCUT2D eigenvalue weighted by molar-refractivity contribution is -0.0723. The number of hydrogen-bond donors (Lipinski definition) is 1. The maximum atomic E-state index is 11.5. The van der Waals surface area contributed by atoms with Crippen molar-refractivity contribution in [3.8, 4) is 0 Å². The molecule has 0 radical (unpaired) electrons. The van der Waals surface area contributed by atoms with Gasteiger partial charge in [-0.05, 0) is 17.7 Å². The van der Waals surface area contributed by atoms with E-state index in [-0.39, 0.29) is 12.0 Å². The van der Waals surface area contributed by atoms with Crippen LogP contribution in [0.25, 0.3) is 0 Å². The molecule has 0 bridgehead atoms. The van der Waals surface area contributed by atoms with Gasteiger partial charge in [-0.25, -0.2) is 4.79 Å². The molecular formula is C15H20N2O3. The summed E-state index contributed by atoms with van der Waals surface area (Å²) in [5, 5.41) is 1.63. The molecule has 0 saturated carbocycles. The summed E-state index contributed by atoms with van der Waals surface area (Å²) in [6.45, 7) is 4.06. The Kier molecular flexibility index (Phi) is 3.64. The molecule has 5 nitrogen and oxygen atoms in total. The van der Waals surface area contributed by atoms with Crippen LogP contribution in [0.15, 0.2) is 24.3 Å². The van der Waals surface area contributed by atoms with E-state index in [4.69, 9.17) is 10.9 Å². The largest absolute Gasteiger partial charge is 0.465 e. The summed E-state index contributed by atoms with van der Waals surface area (Å²) >= 11 is 0. The molecule has 20 heavy (non-hydrogen) atoms. The molecule has 0 aliphatic carbocycles. The monoisotopic (exact) mass is 277 g/mol. The van der Waals surface area contributed by atoms with Crippen molar-refractivity contribution in [3.05, 3.63) is 35.4 Å². The molecule has 5 heteroatoms. The van der Waals surface area contributed by atoms with Crippen LogP contribution in [0.5, 0.6) is 0 Å². The molecular weight excluding hydrogens is 256 g/mol. The Morgan fingerprint density at radius 3 is 2.80 bits per heavy atom. The number of esters is 1. The fourth-order valence-electron chi connectivity index (χ4n) is 2.65. The van der Waals surface area contributed by atoms with E-state index in [0.29, 0.717) is 11.6 Å². The zero-order chi connectivity index (χ0) is 14.8. The van der Waals surface area contributed by atoms with E-state index in [1.165, 1.54) is 7.11 Å². The van der Waals surface area contributed by atoms with Gasteiger partial charge >= 0.3 is 5.97 Å². The number of carbonyl (C=O) groups excluding carboxylic acids is 1. The Bertz CT molecular complexity index is 504. The first-order chi connectivity index (χ1) is 10.2. The fourth-order valence-corrected chi connectivity index (χ4v) is 2.65. The maximum absolute atomic E-state index is 11.5. The molecule has 1 aromatic carbocycles. The molecule has 0 spiro atoms. The summed E-state index contributed by atoms with van der Waals surface area (Å²) in [6.07, 6.45) is 0. The highest BCUT2D eigenvalue weighted by Crippen LogP contribution is 2.21. The Morgan fingerprint density at radius 1 is 1.45 bits per heavy atom. The van der Waals surface area contributed by atoms with E-state index in [1.54, 1.807) is 17.4 Å². The fraction of sp³-hybridized carbons (Fsp3) is 0.533. The van der Waals surface area contributed by atoms with Gasteiger partial charge in [-0.15, -0.1) is 0 Å². The summed E-state index contributed by atoms with van der Waals surface area (Å²) in [7, 11) is 1.38. The minimum absolute atomic E-state index is 0.0334. The molecule has 2 fully saturated rings. The molecule has 0 amide bonds. The summed E-state index contributed by atoms with van der Waals surface area (Å²) in [5.74, 6) is -0.332. The standard InChI is InChI=1S/C15H20N2O3/c1-19-15(18)12-4-2-11(3-5-12)14-8-17(7-6-16-14)13-9-20-10-13/h2-5,13-14,16H,6-10H2,1H3/i/hD. The number of methoxy groups -OCH3 is 1. The number of carbonyl (C=O) groups is 1. The molecule has 2 aliphatic rings. The Morgan fingerprint density at radius 2 is 2.20 bits per heavy atom. The number of nitrogens with zero attached hydrogens (tertiary/aromatic N) is 1. The predicted molar refractivity (Wildman–Crippen MR) is 74.7 cm³/mol. The van der Waals surface area contributed by atoms with Gasteiger partial charge in [0.05, 0.1) is 31.9 Å². The van der Waals surface area contributed by atoms with Gasteiger partial charge in [0.15, 0.2) is 0 Å². The van der Waals surface area contributed by atoms with Gasteiger partial charge < -0.3 is 14.8 Å². The zero-order valence-corrected chi connectivity index (χ0v) is 11.6. The van der Waals surface area contributed by atoms with E-state index >= 15 is 0 Å². The van der Waals surface area contributed by atoms with Crippen molar-refractivity contribution in [2.45, 2.75) is 12.1 Å². The normalized spacial score (nSPS) is 25.9. The Hall–Kier alpha value is -1.43. The van der Waals surface area contributed by atoms with Gasteiger partial charge in [0, 0.05) is 25.7 Å². The number of benzene rings is 1. The smallest absolute Gasteiger partial charge is 0.337 e. The molecule has 0 aromatic heterocycles. The highest BCUT2D eigenvalue weighted by Gasteiger charge is 2.30. The highest BCUT2D eigenvalue weighted by atomic mass is 16.5. The molecule has 1 unspecified atom stereocenters. The lowest BCUT2D eigenvalue weighted by Crippen LogP contribution is -2.56. The number of ether oxygens (including phenoxy) is 2. The third-order valence-corrected chi connectivity index (χ3v) is 4.00. The molecule has 1 N–H and O–H groups in total. The molecule has 2 aliphatic heterocycles. The van der Waals surface area contributed by atoms with Crippen molar-refractivity contribution in [1.29, 1.82) is 0 Å². The van der Waals surface area contributed by atoms with Crippen LogP contribution in [-0.2, 0) is 9.47 Å². The van der Waals surface area contributed by atoms with Crippen molar-refractivity contribution >= 4 is 5.97 Å². The van der Waals surface area contributed by atoms with Crippen molar-refractivity contribution in [3.63, 3.8) is 0 Å². The Balaban J connectivity index is 1.72. The van der Waals surface area contributed by atoms with Crippen LogP contribution < -0.4 is 5.31 Å². The lowest BCUT2D eigenvalue weighted by atomic mass is 10.0. The number of hydrogen-bond acceptors (Lipinski definition) is 5. The van der Waals surface area contributed by atoms with E-state index in [0.717, 1.165) is 38.4 Å². The summed E-state index contributed by atoms with van der Waals surface area (Å²) in [4.78, 5) is 13.9. The second-order valence-corrected chi connectivity index (χ2v) is 5.22. The maximum Gasteiger partial charge on any atom is 0.337 e. The minimum atomic E-state index is -0.332. The van der Waals surface area contributed by atoms with Crippen molar-refractivity contribution in [1.82, 2.24) is 10.2 Å². The van der Waals surface area contributed by atoms with Crippen molar-refractivity contribution < 1.29 is 15.7 Å². The van der Waals surface area contributed by atoms with E-state index in [2.05, 4.69) is 4.90 Å². The van der Waals surface area contributed by atoms with Gasteiger partial charge in [0.2, 0.25) is 0 Å². The van der Waals surface area contributed by atoms with Crippen LogP contribution in [0, 0.1) is 0 Å². The predicted octanol–water partition coefficient (Wildman–Crippen LogP) is 0.818. The van der Waals surface area contributed by atoms with Crippen molar-refractivity contribution in [2.24, 2.45) is 0 Å². The third kappa shape index (κ3) is 2.70. The first kappa shape index (κ1) is 12.3. The highest BCUT2D eigenvalue weighted by molar-refractivity contribution is 5.89. The van der Waals surface area contributed by atoms with Gasteiger partial charge in [-0.2, -0.15) is 0 Å². The van der Waals surface area contributed by atoms with E-state index in [9.17, 15) is 4.79 Å². The van der Waals surface area contributed by atoms with Gasteiger partial charge in [0.25, 0.3) is 0 Å². The molecule has 1 atom stereocenters. The molecule has 108 valence electrons. The average Bonchev–Trinajstić information content (AvgIpc) is 2.47. The number of piperazine rings is 1. The number of rotatable bonds is 3. The second kappa shape index (κ2) is 5.91. The zero-order valence-electron chi connectivity index (χ0n) is 12.6.